The standard InChI is InChI=1S/C26H30S/c1-16-13-22-21-11-9-8-10-19(21)14-23(22)25(18(16)3)27(7)24-15-20(12-17(24)2)26(4,5)6/h8-13,15,24H,7,14H2,1-6H3. The van der Waals surface area contributed by atoms with Gasteiger partial charge in [-0.3, -0.25) is 0 Å². The highest BCUT2D eigenvalue weighted by molar-refractivity contribution is 8.15. The zero-order valence-electron chi connectivity index (χ0n) is 17.4. The lowest BCUT2D eigenvalue weighted by Gasteiger charge is -2.23. The average molecular weight is 375 g/mol. The number of rotatable bonds is 2. The molecule has 4 rings (SSSR count). The zero-order valence-corrected chi connectivity index (χ0v) is 18.3. The maximum absolute atomic E-state index is 4.74. The van der Waals surface area contributed by atoms with Crippen LogP contribution in [0.5, 0.6) is 0 Å². The molecule has 2 aromatic carbocycles. The summed E-state index contributed by atoms with van der Waals surface area (Å²) in [7, 11) is -0.0809. The topological polar surface area (TPSA) is 0 Å². The first kappa shape index (κ1) is 18.5. The first-order chi connectivity index (χ1) is 12.7. The van der Waals surface area contributed by atoms with Crippen molar-refractivity contribution in [3.05, 3.63) is 75.9 Å². The SMILES string of the molecule is C=S(c1c(C)c(C)cc2c1Cc1ccccc1-2)C1C=C(C(C)(C)C)C=C1C. The highest BCUT2D eigenvalue weighted by Gasteiger charge is 2.29. The lowest BCUT2D eigenvalue weighted by molar-refractivity contribution is 0.518. The summed E-state index contributed by atoms with van der Waals surface area (Å²) in [4.78, 5) is 1.50. The summed E-state index contributed by atoms with van der Waals surface area (Å²) in [5.74, 6) is 4.74. The molecule has 2 aliphatic carbocycles. The minimum atomic E-state index is -0.0809. The minimum Gasteiger partial charge on any atom is -0.150 e. The van der Waals surface area contributed by atoms with E-state index >= 15 is 0 Å². The third-order valence-corrected chi connectivity index (χ3v) is 8.36. The van der Waals surface area contributed by atoms with E-state index in [0.29, 0.717) is 5.25 Å². The molecule has 0 spiro atoms. The van der Waals surface area contributed by atoms with Crippen molar-refractivity contribution in [2.45, 2.75) is 58.1 Å². The largest absolute Gasteiger partial charge is 0.150 e. The molecule has 0 radical (unpaired) electrons. The first-order valence-corrected chi connectivity index (χ1v) is 11.3. The van der Waals surface area contributed by atoms with E-state index < -0.39 is 0 Å². The van der Waals surface area contributed by atoms with Crippen LogP contribution >= 0.6 is 10.5 Å². The molecule has 0 heterocycles. The zero-order chi connectivity index (χ0) is 19.5. The van der Waals surface area contributed by atoms with Gasteiger partial charge in [0.1, 0.15) is 0 Å². The Balaban J connectivity index is 1.85. The molecule has 0 aliphatic heterocycles. The lowest BCUT2D eigenvalue weighted by atomic mass is 9.87. The number of allylic oxidation sites excluding steroid dienone is 2. The molecular weight excluding hydrogens is 344 g/mol. The van der Waals surface area contributed by atoms with Crippen LogP contribution in [0.15, 0.2) is 58.5 Å². The maximum Gasteiger partial charge on any atom is 0.0431 e. The second-order valence-corrected chi connectivity index (χ2v) is 10.9. The maximum atomic E-state index is 4.74. The number of benzene rings is 2. The van der Waals surface area contributed by atoms with E-state index in [4.69, 9.17) is 5.87 Å². The molecule has 2 unspecified atom stereocenters. The Hall–Kier alpha value is -1.86. The Labute approximate surface area is 167 Å². The normalized spacial score (nSPS) is 19.4. The van der Waals surface area contributed by atoms with E-state index in [2.05, 4.69) is 84.0 Å². The molecule has 0 nitrogen and oxygen atoms in total. The lowest BCUT2D eigenvalue weighted by Crippen LogP contribution is -2.07. The fraction of sp³-hybridized carbons (Fsp3) is 0.346. The molecule has 2 atom stereocenters. The quantitative estimate of drug-likeness (QED) is 0.415. The highest BCUT2D eigenvalue weighted by Crippen LogP contribution is 2.50. The van der Waals surface area contributed by atoms with Crippen molar-refractivity contribution in [3.8, 4) is 11.1 Å². The van der Waals surface area contributed by atoms with Crippen molar-refractivity contribution >= 4 is 16.4 Å². The van der Waals surface area contributed by atoms with E-state index in [9.17, 15) is 0 Å². The van der Waals surface area contributed by atoms with Gasteiger partial charge in [0.25, 0.3) is 0 Å². The molecule has 0 bridgehead atoms. The van der Waals surface area contributed by atoms with Gasteiger partial charge in [-0.2, -0.15) is 10.5 Å². The van der Waals surface area contributed by atoms with Crippen LogP contribution in [0.1, 0.15) is 49.9 Å². The summed E-state index contributed by atoms with van der Waals surface area (Å²) in [5, 5.41) is 0.424. The second kappa shape index (κ2) is 6.34. The number of hydrogen-bond donors (Lipinski definition) is 0. The summed E-state index contributed by atoms with van der Waals surface area (Å²) >= 11 is 0. The predicted molar refractivity (Wildman–Crippen MR) is 122 cm³/mol. The molecule has 0 saturated carbocycles. The van der Waals surface area contributed by atoms with Gasteiger partial charge in [0.15, 0.2) is 0 Å². The first-order valence-electron chi connectivity index (χ1n) is 9.83. The fourth-order valence-corrected chi connectivity index (χ4v) is 6.54. The van der Waals surface area contributed by atoms with Gasteiger partial charge in [-0.25, -0.2) is 0 Å². The van der Waals surface area contributed by atoms with E-state index in [1.807, 2.05) is 0 Å². The number of fused-ring (bicyclic) bond motifs is 3. The van der Waals surface area contributed by atoms with Crippen LogP contribution in [0.3, 0.4) is 0 Å². The van der Waals surface area contributed by atoms with E-state index in [0.717, 1.165) is 6.42 Å². The molecule has 2 aliphatic rings. The highest BCUT2D eigenvalue weighted by atomic mass is 32.2. The van der Waals surface area contributed by atoms with Gasteiger partial charge in [-0.05, 0) is 71.6 Å². The molecule has 2 aromatic rings. The van der Waals surface area contributed by atoms with Gasteiger partial charge >= 0.3 is 0 Å². The molecule has 0 fully saturated rings. The molecule has 0 amide bonds. The van der Waals surface area contributed by atoms with Crippen LogP contribution in [0, 0.1) is 19.3 Å². The number of aryl methyl sites for hydroxylation is 1. The molecule has 0 aromatic heterocycles. The van der Waals surface area contributed by atoms with Gasteiger partial charge < -0.3 is 0 Å². The summed E-state index contributed by atoms with van der Waals surface area (Å²) in [5.41, 5.74) is 11.8. The average Bonchev–Trinajstić information content (AvgIpc) is 3.16. The fourth-order valence-electron chi connectivity index (χ4n) is 4.41. The van der Waals surface area contributed by atoms with Gasteiger partial charge in [0.2, 0.25) is 0 Å². The molecule has 140 valence electrons. The summed E-state index contributed by atoms with van der Waals surface area (Å²) in [6.45, 7) is 13.7. The van der Waals surface area contributed by atoms with Gasteiger partial charge in [0.05, 0.1) is 0 Å². The molecule has 0 saturated heterocycles. The van der Waals surface area contributed by atoms with Crippen LogP contribution < -0.4 is 0 Å². The van der Waals surface area contributed by atoms with Crippen LogP contribution in [-0.4, -0.2) is 11.1 Å². The molecule has 0 N–H and O–H groups in total. The third kappa shape index (κ3) is 2.97. The van der Waals surface area contributed by atoms with Crippen molar-refractivity contribution in [1.82, 2.24) is 0 Å². The Morgan fingerprint density at radius 1 is 1.04 bits per heavy atom. The molecule has 27 heavy (non-hydrogen) atoms. The summed E-state index contributed by atoms with van der Waals surface area (Å²) in [6, 6.07) is 11.3. The third-order valence-electron chi connectivity index (χ3n) is 6.16. The molecule has 1 heteroatoms. The van der Waals surface area contributed by atoms with E-state index in [1.165, 1.54) is 49.4 Å². The number of hydrogen-bond acceptors (Lipinski definition) is 0. The minimum absolute atomic E-state index is 0.0809. The molecular formula is C26H30S. The van der Waals surface area contributed by atoms with Crippen LogP contribution in [-0.2, 0) is 6.42 Å². The smallest absolute Gasteiger partial charge is 0.0431 e. The van der Waals surface area contributed by atoms with Crippen molar-refractivity contribution in [2.24, 2.45) is 5.41 Å². The van der Waals surface area contributed by atoms with Gasteiger partial charge in [-0.15, -0.1) is 0 Å². The Morgan fingerprint density at radius 2 is 1.74 bits per heavy atom. The van der Waals surface area contributed by atoms with Gasteiger partial charge in [-0.1, -0.05) is 74.7 Å². The predicted octanol–water partition coefficient (Wildman–Crippen LogP) is 7.24. The Kier molecular flexibility index (Phi) is 4.35. The van der Waals surface area contributed by atoms with E-state index in [-0.39, 0.29) is 15.9 Å². The Morgan fingerprint density at radius 3 is 2.41 bits per heavy atom. The van der Waals surface area contributed by atoms with Crippen molar-refractivity contribution in [2.75, 3.05) is 0 Å². The van der Waals surface area contributed by atoms with E-state index in [1.54, 1.807) is 0 Å². The Bertz CT molecular complexity index is 1020. The van der Waals surface area contributed by atoms with Crippen molar-refractivity contribution in [1.29, 1.82) is 0 Å². The van der Waals surface area contributed by atoms with Crippen LogP contribution in [0.2, 0.25) is 0 Å². The van der Waals surface area contributed by atoms with Crippen LogP contribution in [0.4, 0.5) is 0 Å². The van der Waals surface area contributed by atoms with Gasteiger partial charge in [0, 0.05) is 10.1 Å². The van der Waals surface area contributed by atoms with Crippen molar-refractivity contribution in [3.63, 3.8) is 0 Å². The second-order valence-electron chi connectivity index (χ2n) is 9.12. The summed E-state index contributed by atoms with van der Waals surface area (Å²) in [6.07, 6.45) is 5.93. The van der Waals surface area contributed by atoms with Crippen LogP contribution in [0.25, 0.3) is 11.1 Å². The van der Waals surface area contributed by atoms with Crippen molar-refractivity contribution < 1.29 is 0 Å². The monoisotopic (exact) mass is 374 g/mol. The summed E-state index contributed by atoms with van der Waals surface area (Å²) < 4.78 is 0.